The first kappa shape index (κ1) is 14.1. The molecule has 6 nitrogen and oxygen atoms in total. The molecule has 112 valence electrons. The third-order valence-corrected chi connectivity index (χ3v) is 3.49. The van der Waals surface area contributed by atoms with Crippen LogP contribution < -0.4 is 15.3 Å². The molecule has 0 spiro atoms. The molecule has 1 aromatic carbocycles. The van der Waals surface area contributed by atoms with Crippen LogP contribution in [0.5, 0.6) is 5.88 Å². The van der Waals surface area contributed by atoms with Gasteiger partial charge < -0.3 is 9.64 Å². The van der Waals surface area contributed by atoms with Gasteiger partial charge in [0, 0.05) is 26.2 Å². The lowest BCUT2D eigenvalue weighted by atomic mass is 10.1. The van der Waals surface area contributed by atoms with Crippen molar-refractivity contribution in [2.24, 2.45) is 0 Å². The highest BCUT2D eigenvalue weighted by Gasteiger charge is 2.18. The van der Waals surface area contributed by atoms with E-state index in [1.807, 2.05) is 18.0 Å². The Labute approximate surface area is 126 Å². The predicted octanol–water partition coefficient (Wildman–Crippen LogP) is 1.28. The van der Waals surface area contributed by atoms with E-state index in [1.165, 1.54) is 12.1 Å². The largest absolute Gasteiger partial charge is 0.473 e. The van der Waals surface area contributed by atoms with Gasteiger partial charge >= 0.3 is 5.69 Å². The normalized spacial score (nSPS) is 12.9. The first-order chi connectivity index (χ1) is 10.6. The minimum absolute atomic E-state index is 0.0338. The van der Waals surface area contributed by atoms with Gasteiger partial charge in [-0.2, -0.15) is 10.2 Å². The van der Waals surface area contributed by atoms with Crippen molar-refractivity contribution in [3.63, 3.8) is 0 Å². The Morgan fingerprint density at radius 1 is 1.36 bits per heavy atom. The number of nitrogens with zero attached hydrogens (tertiary/aromatic N) is 4. The molecule has 0 saturated heterocycles. The van der Waals surface area contributed by atoms with Crippen LogP contribution in [0.3, 0.4) is 0 Å². The highest BCUT2D eigenvalue weighted by Crippen LogP contribution is 2.21. The Balaban J connectivity index is 1.82. The Morgan fingerprint density at radius 3 is 2.95 bits per heavy atom. The van der Waals surface area contributed by atoms with E-state index in [0.29, 0.717) is 12.1 Å². The summed E-state index contributed by atoms with van der Waals surface area (Å²) in [4.78, 5) is 17.7. The number of fused-ring (bicyclic) bond motifs is 1. The molecule has 22 heavy (non-hydrogen) atoms. The van der Waals surface area contributed by atoms with E-state index in [2.05, 4.69) is 4.98 Å². The minimum atomic E-state index is -0.501. The van der Waals surface area contributed by atoms with Gasteiger partial charge in [-0.15, -0.1) is 0 Å². The van der Waals surface area contributed by atoms with E-state index in [0.717, 1.165) is 18.4 Å². The van der Waals surface area contributed by atoms with E-state index in [1.54, 1.807) is 10.6 Å². The van der Waals surface area contributed by atoms with Crippen LogP contribution in [0.4, 0.5) is 10.2 Å². The van der Waals surface area contributed by atoms with Crippen molar-refractivity contribution in [3.05, 3.63) is 51.7 Å². The van der Waals surface area contributed by atoms with Crippen LogP contribution >= 0.6 is 0 Å². The molecule has 3 rings (SSSR count). The van der Waals surface area contributed by atoms with Crippen LogP contribution in [-0.4, -0.2) is 23.1 Å². The predicted molar refractivity (Wildman–Crippen MR) is 77.2 cm³/mol. The zero-order valence-electron chi connectivity index (χ0n) is 11.9. The van der Waals surface area contributed by atoms with Crippen LogP contribution in [0.15, 0.2) is 29.1 Å². The van der Waals surface area contributed by atoms with E-state index in [9.17, 15) is 9.18 Å². The molecule has 0 fully saturated rings. The summed E-state index contributed by atoms with van der Waals surface area (Å²) >= 11 is 0. The van der Waals surface area contributed by atoms with Crippen LogP contribution in [0.1, 0.15) is 11.1 Å². The van der Waals surface area contributed by atoms with Gasteiger partial charge in [0.25, 0.3) is 0 Å². The summed E-state index contributed by atoms with van der Waals surface area (Å²) in [5, 5.41) is 8.82. The summed E-state index contributed by atoms with van der Waals surface area (Å²) in [6.45, 7) is 1.38. The Bertz CT molecular complexity index is 825. The maximum atomic E-state index is 13.4. The number of benzene rings is 1. The summed E-state index contributed by atoms with van der Waals surface area (Å²) in [5.41, 5.74) is 0.362. The molecule has 0 unspecified atom stereocenters. The Morgan fingerprint density at radius 2 is 2.18 bits per heavy atom. The van der Waals surface area contributed by atoms with Crippen molar-refractivity contribution in [3.8, 4) is 11.9 Å². The number of hydrogen-bond donors (Lipinski definition) is 0. The third kappa shape index (κ3) is 2.63. The number of anilines is 1. The van der Waals surface area contributed by atoms with Crippen molar-refractivity contribution >= 4 is 5.82 Å². The van der Waals surface area contributed by atoms with E-state index in [4.69, 9.17) is 10.00 Å². The van der Waals surface area contributed by atoms with Gasteiger partial charge in [-0.05, 0) is 23.8 Å². The van der Waals surface area contributed by atoms with Gasteiger partial charge in [-0.1, -0.05) is 0 Å². The molecule has 0 amide bonds. The standard InChI is InChI=1S/C15H13FN4O2/c1-19-2-3-20-14(19)7-13(18-15(20)21)22-9-11-4-10(8-17)5-12(16)6-11/h4-7H,2-3,9H2,1H3. The number of ether oxygens (including phenoxy) is 1. The van der Waals surface area contributed by atoms with E-state index < -0.39 is 5.82 Å². The third-order valence-electron chi connectivity index (χ3n) is 3.49. The van der Waals surface area contributed by atoms with Gasteiger partial charge in [0.15, 0.2) is 0 Å². The van der Waals surface area contributed by atoms with Gasteiger partial charge in [0.1, 0.15) is 18.2 Å². The molecule has 0 N–H and O–H groups in total. The lowest BCUT2D eigenvalue weighted by Gasteiger charge is -2.12. The molecule has 0 aliphatic carbocycles. The maximum absolute atomic E-state index is 13.4. The number of halogens is 1. The molecule has 0 saturated carbocycles. The summed E-state index contributed by atoms with van der Waals surface area (Å²) in [6.07, 6.45) is 0. The van der Waals surface area contributed by atoms with Crippen LogP contribution in [-0.2, 0) is 13.2 Å². The molecule has 1 aromatic heterocycles. The zero-order chi connectivity index (χ0) is 15.7. The second-order valence-electron chi connectivity index (χ2n) is 5.06. The van der Waals surface area contributed by atoms with Crippen molar-refractivity contribution in [1.82, 2.24) is 9.55 Å². The second-order valence-corrected chi connectivity index (χ2v) is 5.06. The molecular formula is C15H13FN4O2. The number of hydrogen-bond acceptors (Lipinski definition) is 5. The lowest BCUT2D eigenvalue weighted by molar-refractivity contribution is 0.291. The summed E-state index contributed by atoms with van der Waals surface area (Å²) in [5.74, 6) is 0.430. The fraction of sp³-hybridized carbons (Fsp3) is 0.267. The van der Waals surface area contributed by atoms with Gasteiger partial charge in [-0.3, -0.25) is 4.57 Å². The first-order valence-corrected chi connectivity index (χ1v) is 6.72. The Hall–Kier alpha value is -2.88. The number of aromatic nitrogens is 2. The molecule has 0 radical (unpaired) electrons. The minimum Gasteiger partial charge on any atom is -0.473 e. The van der Waals surface area contributed by atoms with Gasteiger partial charge in [-0.25, -0.2) is 9.18 Å². The van der Waals surface area contributed by atoms with E-state index in [-0.39, 0.29) is 23.7 Å². The SMILES string of the molecule is CN1CCn2c1cc(OCc1cc(F)cc(C#N)c1)nc2=O. The van der Waals surface area contributed by atoms with Crippen molar-refractivity contribution in [2.45, 2.75) is 13.2 Å². The highest BCUT2D eigenvalue weighted by molar-refractivity contribution is 5.44. The average molecular weight is 300 g/mol. The fourth-order valence-electron chi connectivity index (χ4n) is 2.39. The van der Waals surface area contributed by atoms with Gasteiger partial charge in [0.05, 0.1) is 11.6 Å². The topological polar surface area (TPSA) is 71.2 Å². The van der Waals surface area contributed by atoms with Crippen molar-refractivity contribution in [1.29, 1.82) is 5.26 Å². The molecule has 7 heteroatoms. The van der Waals surface area contributed by atoms with Crippen molar-refractivity contribution < 1.29 is 9.13 Å². The summed E-state index contributed by atoms with van der Waals surface area (Å²) in [6, 6.07) is 7.54. The second kappa shape index (κ2) is 5.48. The van der Waals surface area contributed by atoms with E-state index >= 15 is 0 Å². The quantitative estimate of drug-likeness (QED) is 0.854. The number of nitriles is 1. The molecule has 1 aliphatic heterocycles. The summed E-state index contributed by atoms with van der Waals surface area (Å²) < 4.78 is 20.4. The lowest BCUT2D eigenvalue weighted by Crippen LogP contribution is -2.22. The smallest absolute Gasteiger partial charge is 0.352 e. The molecule has 0 atom stereocenters. The molecule has 2 aromatic rings. The van der Waals surface area contributed by atoms with Crippen LogP contribution in [0, 0.1) is 17.1 Å². The van der Waals surface area contributed by atoms with Gasteiger partial charge in [0.2, 0.25) is 5.88 Å². The summed E-state index contributed by atoms with van der Waals surface area (Å²) in [7, 11) is 1.88. The Kier molecular flexibility index (Phi) is 3.51. The maximum Gasteiger partial charge on any atom is 0.352 e. The monoisotopic (exact) mass is 300 g/mol. The number of rotatable bonds is 3. The van der Waals surface area contributed by atoms with Crippen LogP contribution in [0.25, 0.3) is 0 Å². The number of likely N-dealkylation sites (N-methyl/N-ethyl adjacent to an activating group) is 1. The molecule has 1 aliphatic rings. The fourth-order valence-corrected chi connectivity index (χ4v) is 2.39. The molecule has 0 bridgehead atoms. The van der Waals surface area contributed by atoms with Crippen LogP contribution in [0.2, 0.25) is 0 Å². The molecule has 2 heterocycles. The average Bonchev–Trinajstić information content (AvgIpc) is 2.87. The van der Waals surface area contributed by atoms with Crippen molar-refractivity contribution in [2.75, 3.05) is 18.5 Å². The molecular weight excluding hydrogens is 287 g/mol. The first-order valence-electron chi connectivity index (χ1n) is 6.72. The zero-order valence-corrected chi connectivity index (χ0v) is 11.9. The highest BCUT2D eigenvalue weighted by atomic mass is 19.1.